The maximum atomic E-state index is 4.09. The van der Waals surface area contributed by atoms with Crippen molar-refractivity contribution in [3.8, 4) is 0 Å². The van der Waals surface area contributed by atoms with Gasteiger partial charge in [-0.05, 0) is 12.8 Å². The Kier molecular flexibility index (Phi) is 4.34. The Morgan fingerprint density at radius 2 is 2.06 bits per heavy atom. The lowest BCUT2D eigenvalue weighted by Crippen LogP contribution is -2.30. The van der Waals surface area contributed by atoms with Crippen molar-refractivity contribution in [3.05, 3.63) is 12.2 Å². The highest BCUT2D eigenvalue weighted by Crippen LogP contribution is 2.16. The Bertz CT molecular complexity index is 300. The first-order chi connectivity index (χ1) is 7.86. The molecule has 0 atom stereocenters. The highest BCUT2D eigenvalue weighted by molar-refractivity contribution is 4.85. The molecule has 0 aromatic carbocycles. The first-order valence-corrected chi connectivity index (χ1v) is 6.42. The van der Waals surface area contributed by atoms with Gasteiger partial charge in [0.2, 0.25) is 0 Å². The Hall–Kier alpha value is -0.900. The van der Waals surface area contributed by atoms with Gasteiger partial charge in [0, 0.05) is 26.1 Å². The second-order valence-corrected chi connectivity index (χ2v) is 4.75. The third-order valence-electron chi connectivity index (χ3n) is 3.44. The Morgan fingerprint density at radius 1 is 1.31 bits per heavy atom. The maximum absolute atomic E-state index is 4.09. The van der Waals surface area contributed by atoms with E-state index >= 15 is 0 Å². The van der Waals surface area contributed by atoms with Crippen LogP contribution in [-0.4, -0.2) is 27.4 Å². The highest BCUT2D eigenvalue weighted by Gasteiger charge is 2.11. The summed E-state index contributed by atoms with van der Waals surface area (Å²) in [6.45, 7) is 1.02. The molecular weight excluding hydrogens is 200 g/mol. The zero-order valence-corrected chi connectivity index (χ0v) is 10.2. The summed E-state index contributed by atoms with van der Waals surface area (Å²) in [6, 6.07) is 0.732. The van der Waals surface area contributed by atoms with Crippen LogP contribution in [0.3, 0.4) is 0 Å². The molecule has 1 N–H and O–H groups in total. The monoisotopic (exact) mass is 222 g/mol. The average molecular weight is 222 g/mol. The van der Waals surface area contributed by atoms with Gasteiger partial charge in [-0.25, -0.2) is 0 Å². The second-order valence-electron chi connectivity index (χ2n) is 4.75. The summed E-state index contributed by atoms with van der Waals surface area (Å²) >= 11 is 0. The average Bonchev–Trinajstić information content (AvgIpc) is 2.55. The fourth-order valence-electron chi connectivity index (χ4n) is 2.41. The van der Waals surface area contributed by atoms with E-state index in [0.717, 1.165) is 24.8 Å². The van der Waals surface area contributed by atoms with Crippen LogP contribution in [0.1, 0.15) is 44.3 Å². The van der Waals surface area contributed by atoms with Crippen LogP contribution in [0.5, 0.6) is 0 Å². The predicted molar refractivity (Wildman–Crippen MR) is 64.2 cm³/mol. The number of hydrogen-bond acceptors (Lipinski definition) is 3. The summed E-state index contributed by atoms with van der Waals surface area (Å²) in [5.74, 6) is 1.07. The molecule has 2 rings (SSSR count). The molecule has 0 bridgehead atoms. The van der Waals surface area contributed by atoms with Crippen LogP contribution in [0, 0.1) is 0 Å². The quantitative estimate of drug-likeness (QED) is 0.788. The van der Waals surface area contributed by atoms with E-state index in [1.54, 1.807) is 6.33 Å². The Morgan fingerprint density at radius 3 is 2.69 bits per heavy atom. The van der Waals surface area contributed by atoms with Crippen molar-refractivity contribution in [2.24, 2.45) is 7.05 Å². The molecule has 0 saturated heterocycles. The van der Waals surface area contributed by atoms with Gasteiger partial charge in [-0.3, -0.25) is 0 Å². The zero-order valence-electron chi connectivity index (χ0n) is 10.2. The smallest absolute Gasteiger partial charge is 0.133 e. The van der Waals surface area contributed by atoms with Crippen molar-refractivity contribution >= 4 is 0 Å². The van der Waals surface area contributed by atoms with Crippen molar-refractivity contribution in [2.45, 2.75) is 51.0 Å². The van der Waals surface area contributed by atoms with Crippen LogP contribution >= 0.6 is 0 Å². The molecule has 1 heterocycles. The predicted octanol–water partition coefficient (Wildman–Crippen LogP) is 1.67. The van der Waals surface area contributed by atoms with Gasteiger partial charge < -0.3 is 9.88 Å². The van der Waals surface area contributed by atoms with Gasteiger partial charge in [-0.2, -0.15) is 0 Å². The number of aryl methyl sites for hydroxylation is 1. The standard InChI is InChI=1S/C12H22N4/c1-16-10-14-15-12(16)8-9-13-11-6-4-2-3-5-7-11/h10-11,13H,2-9H2,1H3. The molecule has 1 aliphatic carbocycles. The van der Waals surface area contributed by atoms with E-state index in [1.165, 1.54) is 38.5 Å². The van der Waals surface area contributed by atoms with Gasteiger partial charge in [0.05, 0.1) is 0 Å². The van der Waals surface area contributed by atoms with E-state index in [1.807, 2.05) is 11.6 Å². The summed E-state index contributed by atoms with van der Waals surface area (Å²) in [7, 11) is 2.00. The minimum absolute atomic E-state index is 0.732. The van der Waals surface area contributed by atoms with E-state index in [9.17, 15) is 0 Å². The lowest BCUT2D eigenvalue weighted by atomic mass is 10.1. The minimum Gasteiger partial charge on any atom is -0.321 e. The van der Waals surface area contributed by atoms with E-state index in [-0.39, 0.29) is 0 Å². The van der Waals surface area contributed by atoms with Gasteiger partial charge >= 0.3 is 0 Å². The molecule has 1 aromatic heterocycles. The summed E-state index contributed by atoms with van der Waals surface area (Å²) < 4.78 is 1.99. The van der Waals surface area contributed by atoms with Gasteiger partial charge in [0.25, 0.3) is 0 Å². The molecule has 0 aliphatic heterocycles. The first-order valence-electron chi connectivity index (χ1n) is 6.42. The van der Waals surface area contributed by atoms with E-state index in [4.69, 9.17) is 0 Å². The van der Waals surface area contributed by atoms with Crippen LogP contribution < -0.4 is 5.32 Å². The molecule has 0 unspecified atom stereocenters. The normalized spacial score (nSPS) is 18.6. The SMILES string of the molecule is Cn1cnnc1CCNC1CCCCCC1. The number of rotatable bonds is 4. The number of nitrogens with one attached hydrogen (secondary N) is 1. The van der Waals surface area contributed by atoms with Gasteiger partial charge in [-0.1, -0.05) is 25.7 Å². The molecular formula is C12H22N4. The topological polar surface area (TPSA) is 42.7 Å². The van der Waals surface area contributed by atoms with E-state index < -0.39 is 0 Å². The summed E-state index contributed by atoms with van der Waals surface area (Å²) in [6.07, 6.45) is 11.1. The van der Waals surface area contributed by atoms with Crippen molar-refractivity contribution in [3.63, 3.8) is 0 Å². The Balaban J connectivity index is 1.69. The second kappa shape index (κ2) is 5.99. The molecule has 1 saturated carbocycles. The summed E-state index contributed by atoms with van der Waals surface area (Å²) in [5.41, 5.74) is 0. The maximum Gasteiger partial charge on any atom is 0.133 e. The number of aromatic nitrogens is 3. The van der Waals surface area contributed by atoms with Crippen molar-refractivity contribution in [1.29, 1.82) is 0 Å². The molecule has 16 heavy (non-hydrogen) atoms. The zero-order chi connectivity index (χ0) is 11.2. The van der Waals surface area contributed by atoms with Crippen LogP contribution in [0.2, 0.25) is 0 Å². The highest BCUT2D eigenvalue weighted by atomic mass is 15.2. The molecule has 1 fully saturated rings. The number of nitrogens with zero attached hydrogens (tertiary/aromatic N) is 3. The first kappa shape index (κ1) is 11.6. The summed E-state index contributed by atoms with van der Waals surface area (Å²) in [5, 5.41) is 11.6. The van der Waals surface area contributed by atoms with Gasteiger partial charge in [0.1, 0.15) is 12.2 Å². The van der Waals surface area contributed by atoms with Gasteiger partial charge in [-0.15, -0.1) is 10.2 Å². The molecule has 4 nitrogen and oxygen atoms in total. The van der Waals surface area contributed by atoms with Crippen LogP contribution in [-0.2, 0) is 13.5 Å². The van der Waals surface area contributed by atoms with E-state index in [2.05, 4.69) is 15.5 Å². The van der Waals surface area contributed by atoms with Crippen LogP contribution in [0.4, 0.5) is 0 Å². The van der Waals surface area contributed by atoms with Gasteiger partial charge in [0.15, 0.2) is 0 Å². The van der Waals surface area contributed by atoms with Crippen LogP contribution in [0.15, 0.2) is 6.33 Å². The van der Waals surface area contributed by atoms with Crippen molar-refractivity contribution in [2.75, 3.05) is 6.54 Å². The lowest BCUT2D eigenvalue weighted by molar-refractivity contribution is 0.459. The molecule has 0 spiro atoms. The van der Waals surface area contributed by atoms with Crippen molar-refractivity contribution < 1.29 is 0 Å². The fourth-order valence-corrected chi connectivity index (χ4v) is 2.41. The molecule has 0 amide bonds. The minimum atomic E-state index is 0.732. The summed E-state index contributed by atoms with van der Waals surface area (Å²) in [4.78, 5) is 0. The van der Waals surface area contributed by atoms with E-state index in [0.29, 0.717) is 0 Å². The fraction of sp³-hybridized carbons (Fsp3) is 0.833. The molecule has 1 aromatic rings. The third kappa shape index (κ3) is 3.30. The molecule has 0 radical (unpaired) electrons. The number of hydrogen-bond donors (Lipinski definition) is 1. The largest absolute Gasteiger partial charge is 0.321 e. The van der Waals surface area contributed by atoms with Crippen LogP contribution in [0.25, 0.3) is 0 Å². The molecule has 90 valence electrons. The molecule has 1 aliphatic rings. The third-order valence-corrected chi connectivity index (χ3v) is 3.44. The van der Waals surface area contributed by atoms with Crippen molar-refractivity contribution in [1.82, 2.24) is 20.1 Å². The lowest BCUT2D eigenvalue weighted by Gasteiger charge is -2.15. The Labute approximate surface area is 97.5 Å². The molecule has 4 heteroatoms.